The number of sulfonamides is 1. The van der Waals surface area contributed by atoms with E-state index in [-0.39, 0.29) is 31.3 Å². The third-order valence-electron chi connectivity index (χ3n) is 4.19. The Morgan fingerprint density at radius 2 is 1.86 bits per heavy atom. The summed E-state index contributed by atoms with van der Waals surface area (Å²) in [6.07, 6.45) is 5.20. The molecule has 0 atom stereocenters. The molecule has 152 valence electrons. The molecule has 0 saturated heterocycles. The summed E-state index contributed by atoms with van der Waals surface area (Å²) in [5, 5.41) is 0. The fourth-order valence-electron chi connectivity index (χ4n) is 2.86. The van der Waals surface area contributed by atoms with Crippen LogP contribution in [0.1, 0.15) is 21.5 Å². The fraction of sp³-hybridized carbons (Fsp3) is 0.211. The lowest BCUT2D eigenvalue weighted by Crippen LogP contribution is -2.29. The van der Waals surface area contributed by atoms with Crippen LogP contribution in [0.2, 0.25) is 0 Å². The van der Waals surface area contributed by atoms with Crippen molar-refractivity contribution in [3.8, 4) is 18.1 Å². The van der Waals surface area contributed by atoms with Crippen LogP contribution in [0.5, 0.6) is 5.75 Å². The van der Waals surface area contributed by atoms with Crippen LogP contribution in [0.15, 0.2) is 42.5 Å². The first-order valence-corrected chi connectivity index (χ1v) is 9.76. The average Bonchev–Trinajstić information content (AvgIpc) is 2.97. The number of fused-ring (bicyclic) bond motifs is 1. The van der Waals surface area contributed by atoms with Crippen LogP contribution >= 0.6 is 0 Å². The van der Waals surface area contributed by atoms with Gasteiger partial charge in [0, 0.05) is 23.4 Å². The molecule has 1 aliphatic heterocycles. The molecule has 0 spiro atoms. The number of nitrogens with zero attached hydrogens (tertiary/aromatic N) is 1. The standard InChI is InChI=1S/C19H15F3N2O4S/c1-2-10-28-17-5-3-4-15-16(17)12-24(18(15)25)11-13-6-8-14(9-7-13)23-29(26,27)19(20,21)22/h1,3-9,23H,10-12H2. The minimum Gasteiger partial charge on any atom is -0.481 e. The van der Waals surface area contributed by atoms with Crippen LogP contribution in [0.4, 0.5) is 18.9 Å². The largest absolute Gasteiger partial charge is 0.516 e. The van der Waals surface area contributed by atoms with Gasteiger partial charge in [-0.05, 0) is 29.8 Å². The van der Waals surface area contributed by atoms with E-state index < -0.39 is 15.5 Å². The molecule has 1 N–H and O–H groups in total. The molecule has 0 saturated carbocycles. The second-order valence-corrected chi connectivity index (χ2v) is 7.86. The number of amides is 1. The van der Waals surface area contributed by atoms with Crippen LogP contribution in [-0.2, 0) is 23.1 Å². The molecule has 0 bridgehead atoms. The Morgan fingerprint density at radius 3 is 2.48 bits per heavy atom. The number of carbonyl (C=O) groups is 1. The minimum absolute atomic E-state index is 0.0694. The second kappa shape index (κ2) is 7.67. The maximum Gasteiger partial charge on any atom is 0.516 e. The molecule has 0 radical (unpaired) electrons. The summed E-state index contributed by atoms with van der Waals surface area (Å²) in [5.41, 5.74) is -3.81. The molecular formula is C19H15F3N2O4S. The van der Waals surface area contributed by atoms with Gasteiger partial charge in [-0.3, -0.25) is 9.52 Å². The first-order chi connectivity index (χ1) is 13.6. The summed E-state index contributed by atoms with van der Waals surface area (Å²) in [7, 11) is -5.49. The van der Waals surface area contributed by atoms with Gasteiger partial charge in [-0.25, -0.2) is 0 Å². The van der Waals surface area contributed by atoms with Gasteiger partial charge in [-0.1, -0.05) is 24.1 Å². The molecule has 0 aromatic heterocycles. The van der Waals surface area contributed by atoms with Crippen molar-refractivity contribution in [2.75, 3.05) is 11.3 Å². The molecule has 6 nitrogen and oxygen atoms in total. The third kappa shape index (κ3) is 4.30. The first-order valence-electron chi connectivity index (χ1n) is 8.28. The van der Waals surface area contributed by atoms with Crippen molar-refractivity contribution in [1.29, 1.82) is 0 Å². The molecule has 29 heavy (non-hydrogen) atoms. The molecular weight excluding hydrogens is 409 g/mol. The highest BCUT2D eigenvalue weighted by Crippen LogP contribution is 2.32. The lowest BCUT2D eigenvalue weighted by molar-refractivity contribution is -0.0429. The van der Waals surface area contributed by atoms with E-state index in [2.05, 4.69) is 5.92 Å². The number of ether oxygens (including phenoxy) is 1. The van der Waals surface area contributed by atoms with Crippen LogP contribution in [0.25, 0.3) is 0 Å². The molecule has 10 heteroatoms. The summed E-state index contributed by atoms with van der Waals surface area (Å²) >= 11 is 0. The molecule has 0 unspecified atom stereocenters. The number of hydrogen-bond acceptors (Lipinski definition) is 4. The Labute approximate surface area is 165 Å². The van der Waals surface area contributed by atoms with Crippen LogP contribution in [-0.4, -0.2) is 31.3 Å². The van der Waals surface area contributed by atoms with E-state index in [9.17, 15) is 26.4 Å². The number of halogens is 3. The van der Waals surface area contributed by atoms with Crippen molar-refractivity contribution in [3.05, 3.63) is 59.2 Å². The lowest BCUT2D eigenvalue weighted by atomic mass is 10.1. The zero-order valence-corrected chi connectivity index (χ0v) is 15.7. The maximum absolute atomic E-state index is 12.6. The monoisotopic (exact) mass is 424 g/mol. The predicted octanol–water partition coefficient (Wildman–Crippen LogP) is 3.12. The number of nitrogens with one attached hydrogen (secondary N) is 1. The quantitative estimate of drug-likeness (QED) is 0.723. The molecule has 2 aromatic carbocycles. The Balaban J connectivity index is 1.71. The Hall–Kier alpha value is -3.19. The van der Waals surface area contributed by atoms with E-state index in [1.165, 1.54) is 29.0 Å². The zero-order valence-electron chi connectivity index (χ0n) is 14.9. The molecule has 0 aliphatic carbocycles. The van der Waals surface area contributed by atoms with Crippen molar-refractivity contribution >= 4 is 21.6 Å². The Morgan fingerprint density at radius 1 is 1.17 bits per heavy atom. The smallest absolute Gasteiger partial charge is 0.481 e. The van der Waals surface area contributed by atoms with Crippen molar-refractivity contribution in [2.24, 2.45) is 0 Å². The molecule has 1 amide bonds. The fourth-order valence-corrected chi connectivity index (χ4v) is 3.42. The van der Waals surface area contributed by atoms with Crippen LogP contribution in [0, 0.1) is 12.3 Å². The first kappa shape index (κ1) is 20.5. The number of rotatable bonds is 6. The highest BCUT2D eigenvalue weighted by atomic mass is 32.2. The molecule has 0 fully saturated rings. The molecule has 3 rings (SSSR count). The van der Waals surface area contributed by atoms with Gasteiger partial charge in [-0.15, -0.1) is 6.42 Å². The topological polar surface area (TPSA) is 75.7 Å². The van der Waals surface area contributed by atoms with Crippen LogP contribution < -0.4 is 9.46 Å². The zero-order chi connectivity index (χ0) is 21.2. The second-order valence-electron chi connectivity index (χ2n) is 6.18. The van der Waals surface area contributed by atoms with Gasteiger partial charge in [-0.2, -0.15) is 21.6 Å². The minimum atomic E-state index is -5.49. The number of hydrogen-bond donors (Lipinski definition) is 1. The molecule has 1 heterocycles. The van der Waals surface area contributed by atoms with Gasteiger partial charge in [0.05, 0.1) is 6.54 Å². The van der Waals surface area contributed by atoms with Gasteiger partial charge in [0.15, 0.2) is 0 Å². The van der Waals surface area contributed by atoms with Crippen molar-refractivity contribution in [1.82, 2.24) is 4.90 Å². The number of anilines is 1. The van der Waals surface area contributed by atoms with E-state index >= 15 is 0 Å². The average molecular weight is 424 g/mol. The summed E-state index contributed by atoms with van der Waals surface area (Å²) < 4.78 is 66.5. The van der Waals surface area contributed by atoms with E-state index in [1.54, 1.807) is 23.1 Å². The summed E-state index contributed by atoms with van der Waals surface area (Å²) in [6.45, 7) is 0.547. The van der Waals surface area contributed by atoms with Gasteiger partial charge in [0.2, 0.25) is 0 Å². The maximum atomic E-state index is 12.6. The van der Waals surface area contributed by atoms with E-state index in [0.29, 0.717) is 22.4 Å². The number of carbonyl (C=O) groups excluding carboxylic acids is 1. The molecule has 1 aliphatic rings. The highest BCUT2D eigenvalue weighted by molar-refractivity contribution is 7.93. The van der Waals surface area contributed by atoms with E-state index in [0.717, 1.165) is 0 Å². The van der Waals surface area contributed by atoms with Crippen molar-refractivity contribution in [3.63, 3.8) is 0 Å². The Kier molecular flexibility index (Phi) is 5.44. The van der Waals surface area contributed by atoms with E-state index in [1.807, 2.05) is 0 Å². The van der Waals surface area contributed by atoms with Gasteiger partial charge in [0.25, 0.3) is 5.91 Å². The highest BCUT2D eigenvalue weighted by Gasteiger charge is 2.46. The SMILES string of the molecule is C#CCOc1cccc2c1CN(Cc1ccc(NS(=O)(=O)C(F)(F)F)cc1)C2=O. The third-order valence-corrected chi connectivity index (χ3v) is 5.31. The lowest BCUT2D eigenvalue weighted by Gasteiger charge is -2.16. The molecule has 2 aromatic rings. The number of alkyl halides is 3. The summed E-state index contributed by atoms with van der Waals surface area (Å²) in [4.78, 5) is 14.1. The predicted molar refractivity (Wildman–Crippen MR) is 99.4 cm³/mol. The number of terminal acetylenes is 1. The van der Waals surface area contributed by atoms with Crippen molar-refractivity contribution in [2.45, 2.75) is 18.6 Å². The van der Waals surface area contributed by atoms with Gasteiger partial charge < -0.3 is 9.64 Å². The van der Waals surface area contributed by atoms with Gasteiger partial charge >= 0.3 is 15.5 Å². The summed E-state index contributed by atoms with van der Waals surface area (Å²) in [5.74, 6) is 2.67. The summed E-state index contributed by atoms with van der Waals surface area (Å²) in [6, 6.07) is 10.4. The van der Waals surface area contributed by atoms with Crippen LogP contribution in [0.3, 0.4) is 0 Å². The van der Waals surface area contributed by atoms with Gasteiger partial charge in [0.1, 0.15) is 12.4 Å². The van der Waals surface area contributed by atoms with Crippen molar-refractivity contribution < 1.29 is 31.1 Å². The number of benzene rings is 2. The van der Waals surface area contributed by atoms with E-state index in [4.69, 9.17) is 11.2 Å². The normalized spacial score (nSPS) is 13.7. The Bertz CT molecular complexity index is 1070.